The van der Waals surface area contributed by atoms with Crippen molar-refractivity contribution in [3.63, 3.8) is 0 Å². The van der Waals surface area contributed by atoms with Gasteiger partial charge in [0, 0.05) is 23.9 Å². The fourth-order valence-corrected chi connectivity index (χ4v) is 1.77. The van der Waals surface area contributed by atoms with Crippen molar-refractivity contribution in [3.05, 3.63) is 23.9 Å². The summed E-state index contributed by atoms with van der Waals surface area (Å²) in [6, 6.07) is 0. The lowest BCUT2D eigenvalue weighted by Crippen LogP contribution is -2.27. The van der Waals surface area contributed by atoms with Gasteiger partial charge in [0.2, 0.25) is 5.91 Å². The first kappa shape index (κ1) is 9.84. The molecule has 1 amide bonds. The van der Waals surface area contributed by atoms with E-state index in [0.717, 1.165) is 25.0 Å². The van der Waals surface area contributed by atoms with E-state index in [1.54, 1.807) is 4.90 Å². The molecule has 0 bridgehead atoms. The molecule has 0 aromatic heterocycles. The largest absolute Gasteiger partial charge is 0.316 e. The lowest BCUT2D eigenvalue weighted by atomic mass is 10.1. The number of rotatable bonds is 2. The number of thiol groups is 1. The fraction of sp³-hybridized carbons (Fsp3) is 0.545. The number of carbonyl (C=O) groups excluding carboxylic acids is 1. The third-order valence-corrected chi connectivity index (χ3v) is 3.09. The normalized spacial score (nSPS) is 25.9. The highest BCUT2D eigenvalue weighted by atomic mass is 32.1. The third-order valence-electron chi connectivity index (χ3n) is 2.70. The Morgan fingerprint density at radius 3 is 2.79 bits per heavy atom. The second-order valence-electron chi connectivity index (χ2n) is 3.96. The molecule has 1 unspecified atom stereocenters. The van der Waals surface area contributed by atoms with E-state index < -0.39 is 0 Å². The van der Waals surface area contributed by atoms with E-state index in [4.69, 9.17) is 0 Å². The summed E-state index contributed by atoms with van der Waals surface area (Å²) >= 11 is 4.34. The summed E-state index contributed by atoms with van der Waals surface area (Å²) in [5, 5.41) is 0.308. The van der Waals surface area contributed by atoms with Gasteiger partial charge in [-0.25, -0.2) is 0 Å². The number of amides is 1. The van der Waals surface area contributed by atoms with Gasteiger partial charge in [-0.2, -0.15) is 12.6 Å². The van der Waals surface area contributed by atoms with Crippen molar-refractivity contribution < 1.29 is 4.79 Å². The molecule has 0 radical (unpaired) electrons. The zero-order valence-corrected chi connectivity index (χ0v) is 9.21. The Hall–Kier alpha value is -0.700. The van der Waals surface area contributed by atoms with Crippen LogP contribution in [0.2, 0.25) is 0 Å². The first-order valence-electron chi connectivity index (χ1n) is 5.02. The van der Waals surface area contributed by atoms with Crippen molar-refractivity contribution in [2.75, 3.05) is 7.05 Å². The van der Waals surface area contributed by atoms with Gasteiger partial charge >= 0.3 is 0 Å². The molecule has 0 aliphatic heterocycles. The number of nitrogens with zero attached hydrogens (tertiary/aromatic N) is 1. The van der Waals surface area contributed by atoms with Crippen LogP contribution in [0.15, 0.2) is 23.9 Å². The molecule has 76 valence electrons. The average molecular weight is 209 g/mol. The van der Waals surface area contributed by atoms with E-state index in [0.29, 0.717) is 11.2 Å². The minimum Gasteiger partial charge on any atom is -0.316 e. The van der Waals surface area contributed by atoms with Crippen LogP contribution in [-0.2, 0) is 4.79 Å². The number of allylic oxidation sites excluding steroid dienone is 2. The molecule has 1 atom stereocenters. The van der Waals surface area contributed by atoms with Gasteiger partial charge in [-0.1, -0.05) is 12.2 Å². The molecular formula is C11H15NOS. The molecule has 2 rings (SSSR count). The van der Waals surface area contributed by atoms with Crippen molar-refractivity contribution in [1.82, 2.24) is 4.90 Å². The lowest BCUT2D eigenvalue weighted by molar-refractivity contribution is -0.129. The van der Waals surface area contributed by atoms with Gasteiger partial charge < -0.3 is 4.90 Å². The van der Waals surface area contributed by atoms with E-state index in [1.165, 1.54) is 0 Å². The van der Waals surface area contributed by atoms with Crippen LogP contribution in [0.25, 0.3) is 0 Å². The summed E-state index contributed by atoms with van der Waals surface area (Å²) in [5.41, 5.74) is 1.02. The lowest BCUT2D eigenvalue weighted by Gasteiger charge is -2.21. The standard InChI is InChI=1S/C11H15NOS/c1-12(11(13)8-2-3-8)9-4-6-10(14)7-5-9/h4-6,8,10,14H,2-3,7H2,1H3. The minimum atomic E-state index is 0.263. The van der Waals surface area contributed by atoms with E-state index >= 15 is 0 Å². The Bertz CT molecular complexity index is 304. The van der Waals surface area contributed by atoms with Gasteiger partial charge in [0.1, 0.15) is 0 Å². The Kier molecular flexibility index (Phi) is 2.68. The van der Waals surface area contributed by atoms with Crippen LogP contribution >= 0.6 is 12.6 Å². The van der Waals surface area contributed by atoms with Crippen LogP contribution in [0, 0.1) is 5.92 Å². The van der Waals surface area contributed by atoms with Gasteiger partial charge in [0.05, 0.1) is 0 Å². The number of hydrogen-bond acceptors (Lipinski definition) is 2. The van der Waals surface area contributed by atoms with E-state index in [-0.39, 0.29) is 5.91 Å². The zero-order chi connectivity index (χ0) is 10.1. The van der Waals surface area contributed by atoms with Crippen molar-refractivity contribution in [2.24, 2.45) is 5.92 Å². The number of carbonyl (C=O) groups is 1. The van der Waals surface area contributed by atoms with Crippen LogP contribution < -0.4 is 0 Å². The molecule has 0 N–H and O–H groups in total. The molecule has 0 saturated heterocycles. The summed E-state index contributed by atoms with van der Waals surface area (Å²) in [7, 11) is 1.86. The first-order valence-corrected chi connectivity index (χ1v) is 5.54. The van der Waals surface area contributed by atoms with E-state index in [9.17, 15) is 4.79 Å². The maximum absolute atomic E-state index is 11.7. The summed E-state index contributed by atoms with van der Waals surface area (Å²) in [6.07, 6.45) is 9.15. The number of likely N-dealkylation sites (N-methyl/N-ethyl adjacent to an activating group) is 1. The van der Waals surface area contributed by atoms with Gasteiger partial charge in [0.25, 0.3) is 0 Å². The summed E-state index contributed by atoms with van der Waals surface area (Å²) in [4.78, 5) is 13.5. The van der Waals surface area contributed by atoms with Crippen LogP contribution in [0.4, 0.5) is 0 Å². The second kappa shape index (κ2) is 3.81. The van der Waals surface area contributed by atoms with E-state index in [1.807, 2.05) is 19.2 Å². The molecule has 0 aromatic carbocycles. The molecular weight excluding hydrogens is 194 g/mol. The Balaban J connectivity index is 2.01. The molecule has 3 heteroatoms. The first-order chi connectivity index (χ1) is 6.68. The highest BCUT2D eigenvalue weighted by Crippen LogP contribution is 2.32. The SMILES string of the molecule is CN(C(=O)C1CC1)C1=CCC(S)C=C1. The fourth-order valence-electron chi connectivity index (χ4n) is 1.58. The average Bonchev–Trinajstić information content (AvgIpc) is 3.00. The van der Waals surface area contributed by atoms with Crippen LogP contribution in [0.1, 0.15) is 19.3 Å². The summed E-state index contributed by atoms with van der Waals surface area (Å²) < 4.78 is 0. The van der Waals surface area contributed by atoms with Crippen molar-refractivity contribution in [2.45, 2.75) is 24.5 Å². The topological polar surface area (TPSA) is 20.3 Å². The molecule has 2 aliphatic rings. The monoisotopic (exact) mass is 209 g/mol. The highest BCUT2D eigenvalue weighted by Gasteiger charge is 2.32. The van der Waals surface area contributed by atoms with Crippen LogP contribution in [-0.4, -0.2) is 23.1 Å². The predicted molar refractivity (Wildman–Crippen MR) is 60.1 cm³/mol. The van der Waals surface area contributed by atoms with Gasteiger partial charge in [-0.3, -0.25) is 4.79 Å². The van der Waals surface area contributed by atoms with Gasteiger partial charge in [-0.15, -0.1) is 0 Å². The van der Waals surface area contributed by atoms with Crippen molar-refractivity contribution in [1.29, 1.82) is 0 Å². The molecule has 0 heterocycles. The zero-order valence-electron chi connectivity index (χ0n) is 8.31. The molecule has 1 saturated carbocycles. The van der Waals surface area contributed by atoms with E-state index in [2.05, 4.69) is 18.7 Å². The summed E-state index contributed by atoms with van der Waals surface area (Å²) in [6.45, 7) is 0. The molecule has 1 fully saturated rings. The van der Waals surface area contributed by atoms with Crippen LogP contribution in [0.3, 0.4) is 0 Å². The number of hydrogen-bond donors (Lipinski definition) is 1. The Labute approximate surface area is 90.1 Å². The predicted octanol–water partition coefficient (Wildman–Crippen LogP) is 2.00. The Morgan fingerprint density at radius 2 is 2.29 bits per heavy atom. The van der Waals surface area contributed by atoms with Crippen LogP contribution in [0.5, 0.6) is 0 Å². The molecule has 0 aromatic rings. The Morgan fingerprint density at radius 1 is 1.57 bits per heavy atom. The second-order valence-corrected chi connectivity index (χ2v) is 4.63. The smallest absolute Gasteiger partial charge is 0.229 e. The molecule has 0 spiro atoms. The van der Waals surface area contributed by atoms with Gasteiger partial charge in [-0.05, 0) is 25.3 Å². The third kappa shape index (κ3) is 2.03. The molecule has 14 heavy (non-hydrogen) atoms. The quantitative estimate of drug-likeness (QED) is 0.690. The maximum Gasteiger partial charge on any atom is 0.229 e. The highest BCUT2D eigenvalue weighted by molar-refractivity contribution is 7.81. The van der Waals surface area contributed by atoms with Crippen molar-refractivity contribution in [3.8, 4) is 0 Å². The minimum absolute atomic E-state index is 0.263. The summed E-state index contributed by atoms with van der Waals surface area (Å²) in [5.74, 6) is 0.557. The van der Waals surface area contributed by atoms with Crippen molar-refractivity contribution >= 4 is 18.5 Å². The molecule has 2 nitrogen and oxygen atoms in total. The molecule has 2 aliphatic carbocycles. The van der Waals surface area contributed by atoms with Gasteiger partial charge in [0.15, 0.2) is 0 Å². The maximum atomic E-state index is 11.7.